The molecule has 0 fully saturated rings. The molecule has 2 aromatic carbocycles. The van der Waals surface area contributed by atoms with E-state index in [1.807, 2.05) is 37.6 Å². The highest BCUT2D eigenvalue weighted by molar-refractivity contribution is 7.89. The molecule has 0 aliphatic rings. The average molecular weight is 368 g/mol. The summed E-state index contributed by atoms with van der Waals surface area (Å²) in [6.45, 7) is 5.00. The lowest BCUT2D eigenvalue weighted by Crippen LogP contribution is -2.33. The molecule has 0 atom stereocenters. The maximum Gasteiger partial charge on any atom is 0.243 e. The Hall–Kier alpha value is -2.32. The minimum Gasteiger partial charge on any atom is -0.324 e. The van der Waals surface area contributed by atoms with Crippen LogP contribution in [0, 0.1) is 32.4 Å². The van der Waals surface area contributed by atoms with Gasteiger partial charge in [-0.3, -0.25) is 4.79 Å². The first kappa shape index (κ1) is 19.0. The van der Waals surface area contributed by atoms with Gasteiger partial charge >= 0.3 is 0 Å². The molecule has 2 N–H and O–H groups in total. The summed E-state index contributed by atoms with van der Waals surface area (Å²) in [5.74, 6) is -2.71. The number of rotatable bonds is 5. The predicted molar refractivity (Wildman–Crippen MR) is 90.8 cm³/mol. The van der Waals surface area contributed by atoms with E-state index in [4.69, 9.17) is 0 Å². The molecule has 8 heteroatoms. The highest BCUT2D eigenvalue weighted by atomic mass is 32.2. The molecule has 0 radical (unpaired) electrons. The SMILES string of the molecule is Cc1cc(C)c(NC(=O)CNS(=O)(=O)c2ccc(F)cc2F)c(C)c1. The Labute approximate surface area is 145 Å². The molecule has 0 bridgehead atoms. The molecule has 134 valence electrons. The van der Waals surface area contributed by atoms with Crippen LogP contribution in [0.15, 0.2) is 35.2 Å². The van der Waals surface area contributed by atoms with E-state index in [9.17, 15) is 22.0 Å². The molecule has 2 aromatic rings. The van der Waals surface area contributed by atoms with Crippen LogP contribution in [0.3, 0.4) is 0 Å². The lowest BCUT2D eigenvalue weighted by Gasteiger charge is -2.13. The van der Waals surface area contributed by atoms with Gasteiger partial charge in [0, 0.05) is 11.8 Å². The van der Waals surface area contributed by atoms with Crippen molar-refractivity contribution < 1.29 is 22.0 Å². The highest BCUT2D eigenvalue weighted by Crippen LogP contribution is 2.21. The van der Waals surface area contributed by atoms with Gasteiger partial charge in [0.15, 0.2) is 0 Å². The second-order valence-corrected chi connectivity index (χ2v) is 7.46. The fourth-order valence-electron chi connectivity index (χ4n) is 2.49. The second kappa shape index (κ2) is 7.28. The maximum absolute atomic E-state index is 13.6. The molecule has 0 saturated heterocycles. The van der Waals surface area contributed by atoms with E-state index in [2.05, 4.69) is 5.32 Å². The summed E-state index contributed by atoms with van der Waals surface area (Å²) in [6, 6.07) is 5.88. The summed E-state index contributed by atoms with van der Waals surface area (Å²) >= 11 is 0. The smallest absolute Gasteiger partial charge is 0.243 e. The van der Waals surface area contributed by atoms with E-state index in [1.54, 1.807) is 0 Å². The fourth-order valence-corrected chi connectivity index (χ4v) is 3.53. The summed E-state index contributed by atoms with van der Waals surface area (Å²) < 4.78 is 52.6. The molecule has 2 rings (SSSR count). The van der Waals surface area contributed by atoms with Crippen molar-refractivity contribution in [3.05, 3.63) is 58.7 Å². The van der Waals surface area contributed by atoms with Crippen LogP contribution in [0.25, 0.3) is 0 Å². The zero-order valence-electron chi connectivity index (χ0n) is 14.0. The minimum absolute atomic E-state index is 0.466. The quantitative estimate of drug-likeness (QED) is 0.852. The van der Waals surface area contributed by atoms with Crippen molar-refractivity contribution >= 4 is 21.6 Å². The van der Waals surface area contributed by atoms with Gasteiger partial charge in [0.05, 0.1) is 6.54 Å². The molecule has 0 heterocycles. The topological polar surface area (TPSA) is 75.3 Å². The molecule has 1 amide bonds. The van der Waals surface area contributed by atoms with Crippen LogP contribution in [0.2, 0.25) is 0 Å². The number of amides is 1. The molecule has 5 nitrogen and oxygen atoms in total. The number of sulfonamides is 1. The first-order valence-electron chi connectivity index (χ1n) is 7.42. The number of benzene rings is 2. The normalized spacial score (nSPS) is 11.4. The first-order chi connectivity index (χ1) is 11.6. The third kappa shape index (κ3) is 4.61. The molecular formula is C17H18F2N2O3S. The van der Waals surface area contributed by atoms with Crippen LogP contribution in [0.1, 0.15) is 16.7 Å². The van der Waals surface area contributed by atoms with E-state index < -0.39 is 39.0 Å². The van der Waals surface area contributed by atoms with Gasteiger partial charge in [-0.2, -0.15) is 0 Å². The van der Waals surface area contributed by atoms with E-state index in [0.717, 1.165) is 28.8 Å². The summed E-state index contributed by atoms with van der Waals surface area (Å²) in [4.78, 5) is 11.3. The Morgan fingerprint density at radius 2 is 1.64 bits per heavy atom. The number of carbonyl (C=O) groups excluding carboxylic acids is 1. The van der Waals surface area contributed by atoms with Gasteiger partial charge in [0.25, 0.3) is 0 Å². The third-order valence-electron chi connectivity index (χ3n) is 3.55. The van der Waals surface area contributed by atoms with Crippen LogP contribution in [-0.4, -0.2) is 20.9 Å². The minimum atomic E-state index is -4.27. The number of nitrogens with one attached hydrogen (secondary N) is 2. The van der Waals surface area contributed by atoms with Crippen molar-refractivity contribution in [3.8, 4) is 0 Å². The molecule has 0 unspecified atom stereocenters. The monoisotopic (exact) mass is 368 g/mol. The Morgan fingerprint density at radius 3 is 2.20 bits per heavy atom. The van der Waals surface area contributed by atoms with Crippen LogP contribution in [-0.2, 0) is 14.8 Å². The van der Waals surface area contributed by atoms with E-state index in [-0.39, 0.29) is 0 Å². The van der Waals surface area contributed by atoms with Crippen molar-refractivity contribution in [2.75, 3.05) is 11.9 Å². The Kier molecular flexibility index (Phi) is 5.54. The molecule has 0 saturated carbocycles. The molecular weight excluding hydrogens is 350 g/mol. The summed E-state index contributed by atoms with van der Waals surface area (Å²) in [7, 11) is -4.27. The molecule has 25 heavy (non-hydrogen) atoms. The van der Waals surface area contributed by atoms with Gasteiger partial charge in [-0.15, -0.1) is 0 Å². The van der Waals surface area contributed by atoms with E-state index in [0.29, 0.717) is 11.8 Å². The van der Waals surface area contributed by atoms with Crippen molar-refractivity contribution in [2.24, 2.45) is 0 Å². The number of anilines is 1. The van der Waals surface area contributed by atoms with Crippen molar-refractivity contribution in [1.29, 1.82) is 0 Å². The molecule has 0 aliphatic heterocycles. The zero-order chi connectivity index (χ0) is 18.8. The number of halogens is 2. The zero-order valence-corrected chi connectivity index (χ0v) is 14.8. The van der Waals surface area contributed by atoms with Gasteiger partial charge in [0.2, 0.25) is 15.9 Å². The third-order valence-corrected chi connectivity index (χ3v) is 4.98. The highest BCUT2D eigenvalue weighted by Gasteiger charge is 2.20. The largest absolute Gasteiger partial charge is 0.324 e. The van der Waals surface area contributed by atoms with Gasteiger partial charge in [-0.25, -0.2) is 21.9 Å². The van der Waals surface area contributed by atoms with Gasteiger partial charge in [-0.1, -0.05) is 17.7 Å². The van der Waals surface area contributed by atoms with Gasteiger partial charge in [-0.05, 0) is 44.0 Å². The van der Waals surface area contributed by atoms with Crippen LogP contribution >= 0.6 is 0 Å². The molecule has 0 spiro atoms. The Bertz CT molecular complexity index is 904. The summed E-state index contributed by atoms with van der Waals surface area (Å²) in [5, 5.41) is 2.63. The van der Waals surface area contributed by atoms with Crippen molar-refractivity contribution in [2.45, 2.75) is 25.7 Å². The lowest BCUT2D eigenvalue weighted by molar-refractivity contribution is -0.115. The number of aryl methyl sites for hydroxylation is 3. The Balaban J connectivity index is 2.09. The number of carbonyl (C=O) groups is 1. The summed E-state index contributed by atoms with van der Waals surface area (Å²) in [6.07, 6.45) is 0. The van der Waals surface area contributed by atoms with Crippen LogP contribution in [0.4, 0.5) is 14.5 Å². The molecule has 0 aromatic heterocycles. The average Bonchev–Trinajstić information content (AvgIpc) is 2.48. The summed E-state index contributed by atoms with van der Waals surface area (Å²) in [5.41, 5.74) is 3.33. The molecule has 0 aliphatic carbocycles. The Morgan fingerprint density at radius 1 is 1.04 bits per heavy atom. The maximum atomic E-state index is 13.6. The van der Waals surface area contributed by atoms with E-state index in [1.165, 1.54) is 0 Å². The predicted octanol–water partition coefficient (Wildman–Crippen LogP) is 2.81. The standard InChI is InChI=1S/C17H18F2N2O3S/c1-10-6-11(2)17(12(3)7-10)21-16(22)9-20-25(23,24)15-5-4-13(18)8-14(15)19/h4-8,20H,9H2,1-3H3,(H,21,22). The van der Waals surface area contributed by atoms with Gasteiger partial charge in [0.1, 0.15) is 16.5 Å². The number of hydrogen-bond acceptors (Lipinski definition) is 3. The van der Waals surface area contributed by atoms with E-state index >= 15 is 0 Å². The van der Waals surface area contributed by atoms with Crippen LogP contribution < -0.4 is 10.0 Å². The lowest BCUT2D eigenvalue weighted by atomic mass is 10.1. The first-order valence-corrected chi connectivity index (χ1v) is 8.91. The van der Waals surface area contributed by atoms with Gasteiger partial charge < -0.3 is 5.32 Å². The van der Waals surface area contributed by atoms with Crippen molar-refractivity contribution in [3.63, 3.8) is 0 Å². The van der Waals surface area contributed by atoms with Crippen molar-refractivity contribution in [1.82, 2.24) is 4.72 Å². The van der Waals surface area contributed by atoms with Crippen LogP contribution in [0.5, 0.6) is 0 Å². The second-order valence-electron chi connectivity index (χ2n) is 5.72. The fraction of sp³-hybridized carbons (Fsp3) is 0.235. The number of hydrogen-bond donors (Lipinski definition) is 2.